The van der Waals surface area contributed by atoms with Crippen LogP contribution in [0.5, 0.6) is 0 Å². The van der Waals surface area contributed by atoms with Crippen LogP contribution in [-0.4, -0.2) is 16.2 Å². The smallest absolute Gasteiger partial charge is 0.322 e. The summed E-state index contributed by atoms with van der Waals surface area (Å²) in [6.45, 7) is 0. The van der Waals surface area contributed by atoms with Crippen LogP contribution in [0.4, 0.5) is 10.4 Å². The molecule has 1 N–H and O–H groups in total. The molecule has 2 aromatic rings. The zero-order valence-electron chi connectivity index (χ0n) is 8.78. The first-order valence-corrected chi connectivity index (χ1v) is 6.07. The van der Waals surface area contributed by atoms with Crippen LogP contribution in [0.1, 0.15) is 12.8 Å². The highest BCUT2D eigenvalue weighted by Crippen LogP contribution is 2.27. The Bertz CT molecular complexity index is 553. The summed E-state index contributed by atoms with van der Waals surface area (Å²) in [6, 6.07) is 5.49. The molecule has 1 saturated carbocycles. The molecule has 1 aliphatic carbocycles. The van der Waals surface area contributed by atoms with Crippen molar-refractivity contribution in [2.75, 3.05) is 5.32 Å². The summed E-state index contributed by atoms with van der Waals surface area (Å²) in [5.74, 6) is 0.141. The maximum absolute atomic E-state index is 13.1. The first kappa shape index (κ1) is 10.7. The van der Waals surface area contributed by atoms with Crippen LogP contribution in [0.25, 0.3) is 11.4 Å². The highest BCUT2D eigenvalue weighted by atomic mass is 79.9. The van der Waals surface area contributed by atoms with Crippen molar-refractivity contribution in [2.24, 2.45) is 0 Å². The van der Waals surface area contributed by atoms with Crippen molar-refractivity contribution in [3.05, 3.63) is 28.5 Å². The van der Waals surface area contributed by atoms with Crippen LogP contribution in [0.3, 0.4) is 0 Å². The SMILES string of the molecule is Fc1ccc(-c2noc(NC3CC3)n2)cc1Br. The molecule has 3 rings (SSSR count). The van der Waals surface area contributed by atoms with Crippen LogP contribution in [0, 0.1) is 5.82 Å². The van der Waals surface area contributed by atoms with E-state index >= 15 is 0 Å². The first-order valence-electron chi connectivity index (χ1n) is 5.28. The van der Waals surface area contributed by atoms with Gasteiger partial charge in [-0.15, -0.1) is 0 Å². The number of hydrogen-bond acceptors (Lipinski definition) is 4. The Hall–Kier alpha value is -1.43. The quantitative estimate of drug-likeness (QED) is 0.945. The second-order valence-corrected chi connectivity index (χ2v) is 4.82. The molecule has 88 valence electrons. The van der Waals surface area contributed by atoms with Gasteiger partial charge in [0.1, 0.15) is 5.82 Å². The van der Waals surface area contributed by atoms with Gasteiger partial charge in [0.15, 0.2) is 0 Å². The molecule has 0 radical (unpaired) electrons. The Morgan fingerprint density at radius 1 is 1.41 bits per heavy atom. The van der Waals surface area contributed by atoms with Gasteiger partial charge in [0.05, 0.1) is 4.47 Å². The molecule has 1 aliphatic rings. The second-order valence-electron chi connectivity index (χ2n) is 3.97. The number of halogens is 2. The normalized spacial score (nSPS) is 14.9. The lowest BCUT2D eigenvalue weighted by atomic mass is 10.2. The Morgan fingerprint density at radius 3 is 2.94 bits per heavy atom. The monoisotopic (exact) mass is 297 g/mol. The van der Waals surface area contributed by atoms with Crippen LogP contribution < -0.4 is 5.32 Å². The summed E-state index contributed by atoms with van der Waals surface area (Å²) >= 11 is 3.12. The molecule has 0 aliphatic heterocycles. The molecule has 0 amide bonds. The third-order valence-electron chi connectivity index (χ3n) is 2.51. The number of aromatic nitrogens is 2. The molecule has 1 aromatic carbocycles. The van der Waals surface area contributed by atoms with Crippen molar-refractivity contribution in [2.45, 2.75) is 18.9 Å². The van der Waals surface area contributed by atoms with E-state index in [9.17, 15) is 4.39 Å². The van der Waals surface area contributed by atoms with Crippen molar-refractivity contribution in [3.8, 4) is 11.4 Å². The van der Waals surface area contributed by atoms with Crippen LogP contribution in [0.15, 0.2) is 27.2 Å². The zero-order valence-corrected chi connectivity index (χ0v) is 10.4. The predicted octanol–water partition coefficient (Wildman–Crippen LogP) is 3.21. The fraction of sp³-hybridized carbons (Fsp3) is 0.273. The lowest BCUT2D eigenvalue weighted by molar-refractivity contribution is 0.432. The minimum absolute atomic E-state index is 0.312. The standard InChI is InChI=1S/C11H9BrFN3O/c12-8-5-6(1-4-9(8)13)10-15-11(17-16-10)14-7-2-3-7/h1,4-5,7H,2-3H2,(H,14,15,16). The van der Waals surface area contributed by atoms with Crippen molar-refractivity contribution in [1.29, 1.82) is 0 Å². The third-order valence-corrected chi connectivity index (χ3v) is 3.12. The number of hydrogen-bond donors (Lipinski definition) is 1. The number of anilines is 1. The van der Waals surface area contributed by atoms with E-state index in [2.05, 4.69) is 31.4 Å². The van der Waals surface area contributed by atoms with E-state index in [1.807, 2.05) is 0 Å². The average Bonchev–Trinajstić information content (AvgIpc) is 2.99. The fourth-order valence-electron chi connectivity index (χ4n) is 1.44. The van der Waals surface area contributed by atoms with Gasteiger partial charge in [0, 0.05) is 11.6 Å². The van der Waals surface area contributed by atoms with E-state index in [0.717, 1.165) is 12.8 Å². The Kier molecular flexibility index (Phi) is 2.58. The molecular weight excluding hydrogens is 289 g/mol. The maximum Gasteiger partial charge on any atom is 0.322 e. The van der Waals surface area contributed by atoms with Crippen molar-refractivity contribution in [1.82, 2.24) is 10.1 Å². The van der Waals surface area contributed by atoms with Gasteiger partial charge in [-0.25, -0.2) is 4.39 Å². The summed E-state index contributed by atoms with van der Waals surface area (Å²) in [4.78, 5) is 4.20. The molecule has 1 heterocycles. The Balaban J connectivity index is 1.86. The fourth-order valence-corrected chi connectivity index (χ4v) is 1.82. The first-order chi connectivity index (χ1) is 8.22. The van der Waals surface area contributed by atoms with Gasteiger partial charge >= 0.3 is 6.01 Å². The molecule has 0 saturated heterocycles. The molecule has 4 nitrogen and oxygen atoms in total. The van der Waals surface area contributed by atoms with Gasteiger partial charge in [0.25, 0.3) is 0 Å². The van der Waals surface area contributed by atoms with E-state index in [1.54, 1.807) is 12.1 Å². The molecular formula is C11H9BrFN3O. The predicted molar refractivity (Wildman–Crippen MR) is 64.0 cm³/mol. The highest BCUT2D eigenvalue weighted by molar-refractivity contribution is 9.10. The minimum Gasteiger partial charge on any atom is -0.335 e. The topological polar surface area (TPSA) is 51.0 Å². The van der Waals surface area contributed by atoms with Gasteiger partial charge < -0.3 is 9.84 Å². The molecule has 0 bridgehead atoms. The van der Waals surface area contributed by atoms with Crippen LogP contribution >= 0.6 is 15.9 Å². The Labute approximate surface area is 105 Å². The summed E-state index contributed by atoms with van der Waals surface area (Å²) in [7, 11) is 0. The Morgan fingerprint density at radius 2 is 2.24 bits per heavy atom. The van der Waals surface area contributed by atoms with E-state index in [1.165, 1.54) is 6.07 Å². The van der Waals surface area contributed by atoms with Crippen molar-refractivity contribution in [3.63, 3.8) is 0 Å². The summed E-state index contributed by atoms with van der Waals surface area (Å²) < 4.78 is 18.5. The molecule has 1 fully saturated rings. The third kappa shape index (κ3) is 2.31. The van der Waals surface area contributed by atoms with Crippen molar-refractivity contribution < 1.29 is 8.91 Å². The highest BCUT2D eigenvalue weighted by Gasteiger charge is 2.23. The van der Waals surface area contributed by atoms with E-state index < -0.39 is 0 Å². The summed E-state index contributed by atoms with van der Waals surface area (Å²) in [5, 5.41) is 6.95. The maximum atomic E-state index is 13.1. The number of rotatable bonds is 3. The zero-order chi connectivity index (χ0) is 11.8. The van der Waals surface area contributed by atoms with Gasteiger partial charge in [-0.05, 0) is 47.0 Å². The van der Waals surface area contributed by atoms with E-state index in [0.29, 0.717) is 27.9 Å². The summed E-state index contributed by atoms with van der Waals surface area (Å²) in [6.07, 6.45) is 2.28. The van der Waals surface area contributed by atoms with Gasteiger partial charge in [0.2, 0.25) is 5.82 Å². The second kappa shape index (κ2) is 4.10. The molecule has 0 unspecified atom stereocenters. The lowest BCUT2D eigenvalue weighted by Crippen LogP contribution is -2.00. The van der Waals surface area contributed by atoms with E-state index in [4.69, 9.17) is 4.52 Å². The minimum atomic E-state index is -0.312. The van der Waals surface area contributed by atoms with Gasteiger partial charge in [-0.2, -0.15) is 4.98 Å². The summed E-state index contributed by atoms with van der Waals surface area (Å²) in [5.41, 5.74) is 0.714. The van der Waals surface area contributed by atoms with Crippen LogP contribution in [0.2, 0.25) is 0 Å². The number of benzene rings is 1. The van der Waals surface area contributed by atoms with E-state index in [-0.39, 0.29) is 5.82 Å². The number of nitrogens with zero attached hydrogens (tertiary/aromatic N) is 2. The average molecular weight is 298 g/mol. The largest absolute Gasteiger partial charge is 0.335 e. The molecule has 6 heteroatoms. The van der Waals surface area contributed by atoms with Gasteiger partial charge in [-0.3, -0.25) is 0 Å². The molecule has 1 aromatic heterocycles. The van der Waals surface area contributed by atoms with Crippen molar-refractivity contribution >= 4 is 21.9 Å². The molecule has 17 heavy (non-hydrogen) atoms. The molecule has 0 atom stereocenters. The lowest BCUT2D eigenvalue weighted by Gasteiger charge is -1.97. The molecule has 0 spiro atoms. The van der Waals surface area contributed by atoms with Gasteiger partial charge in [-0.1, -0.05) is 5.16 Å². The number of nitrogens with one attached hydrogen (secondary N) is 1. The van der Waals surface area contributed by atoms with Crippen LogP contribution in [-0.2, 0) is 0 Å².